The molecule has 0 radical (unpaired) electrons. The molecule has 1 aliphatic rings. The molecular formula is C26H19Cl2NO5S. The van der Waals surface area contributed by atoms with Crippen molar-refractivity contribution in [3.63, 3.8) is 0 Å². The first-order valence-corrected chi connectivity index (χ1v) is 12.2. The van der Waals surface area contributed by atoms with Crippen LogP contribution in [0.1, 0.15) is 28.4 Å². The molecule has 35 heavy (non-hydrogen) atoms. The lowest BCUT2D eigenvalue weighted by Crippen LogP contribution is -2.27. The first kappa shape index (κ1) is 24.9. The zero-order valence-electron chi connectivity index (χ0n) is 18.5. The molecule has 0 aliphatic carbocycles. The van der Waals surface area contributed by atoms with E-state index in [1.807, 2.05) is 30.3 Å². The molecule has 9 heteroatoms. The van der Waals surface area contributed by atoms with E-state index in [9.17, 15) is 14.4 Å². The summed E-state index contributed by atoms with van der Waals surface area (Å²) in [4.78, 5) is 39.5. The van der Waals surface area contributed by atoms with Gasteiger partial charge in [-0.1, -0.05) is 65.7 Å². The minimum Gasteiger partial charge on any atom is -0.490 e. The lowest BCUT2D eigenvalue weighted by atomic mass is 10.1. The summed E-state index contributed by atoms with van der Waals surface area (Å²) in [7, 11) is 0. The van der Waals surface area contributed by atoms with Crippen molar-refractivity contribution >= 4 is 58.2 Å². The number of rotatable bonds is 7. The van der Waals surface area contributed by atoms with Crippen molar-refractivity contribution < 1.29 is 23.9 Å². The number of ether oxygens (including phenoxy) is 2. The molecule has 1 aliphatic heterocycles. The van der Waals surface area contributed by atoms with E-state index in [0.717, 1.165) is 17.3 Å². The average Bonchev–Trinajstić information content (AvgIpc) is 3.09. The highest BCUT2D eigenvalue weighted by molar-refractivity contribution is 8.18. The van der Waals surface area contributed by atoms with Gasteiger partial charge >= 0.3 is 5.97 Å². The number of esters is 1. The van der Waals surface area contributed by atoms with Crippen molar-refractivity contribution in [1.82, 2.24) is 4.90 Å². The van der Waals surface area contributed by atoms with Crippen LogP contribution in [0.4, 0.5) is 4.79 Å². The standard InChI is InChI=1S/C26H19Cl2NO5S/c1-2-33-21-13-17(12-20(28)23(21)34-25(31)18-10-6-7-11-19(18)27)14-22-24(30)29(26(32)35-22)15-16-8-4-3-5-9-16/h3-14H,2,15H2,1H3/b22-14-. The third kappa shape index (κ3) is 5.70. The quantitative estimate of drug-likeness (QED) is 0.190. The normalized spacial score (nSPS) is 14.5. The molecule has 3 aromatic carbocycles. The molecule has 1 saturated heterocycles. The van der Waals surface area contributed by atoms with Crippen LogP contribution in [0.15, 0.2) is 71.6 Å². The van der Waals surface area contributed by atoms with Gasteiger partial charge in [-0.15, -0.1) is 0 Å². The van der Waals surface area contributed by atoms with Crippen LogP contribution in [-0.2, 0) is 11.3 Å². The third-order valence-electron chi connectivity index (χ3n) is 4.98. The molecule has 0 saturated carbocycles. The number of thioether (sulfide) groups is 1. The fraction of sp³-hybridized carbons (Fsp3) is 0.115. The van der Waals surface area contributed by atoms with Crippen molar-refractivity contribution in [2.24, 2.45) is 0 Å². The summed E-state index contributed by atoms with van der Waals surface area (Å²) in [6.07, 6.45) is 1.56. The molecule has 0 aromatic heterocycles. The second-order valence-corrected chi connectivity index (χ2v) is 9.19. The van der Waals surface area contributed by atoms with Gasteiger partial charge in [0.05, 0.1) is 33.7 Å². The molecule has 3 aromatic rings. The SMILES string of the molecule is CCOc1cc(/C=C2\SC(=O)N(Cc3ccccc3)C2=O)cc(Cl)c1OC(=O)c1ccccc1Cl. The highest BCUT2D eigenvalue weighted by Crippen LogP contribution is 2.40. The van der Waals surface area contributed by atoms with Gasteiger partial charge in [0, 0.05) is 0 Å². The number of benzene rings is 3. The number of imide groups is 1. The number of nitrogens with zero attached hydrogens (tertiary/aromatic N) is 1. The molecule has 2 amide bonds. The Morgan fingerprint density at radius 3 is 2.43 bits per heavy atom. The summed E-state index contributed by atoms with van der Waals surface area (Å²) in [5.41, 5.74) is 1.55. The number of carbonyl (C=O) groups excluding carboxylic acids is 3. The van der Waals surface area contributed by atoms with E-state index in [-0.39, 0.29) is 50.4 Å². The van der Waals surface area contributed by atoms with Gasteiger partial charge in [0.25, 0.3) is 11.1 Å². The highest BCUT2D eigenvalue weighted by Gasteiger charge is 2.35. The van der Waals surface area contributed by atoms with Gasteiger partial charge in [-0.25, -0.2) is 4.79 Å². The van der Waals surface area contributed by atoms with Gasteiger partial charge in [0.15, 0.2) is 11.5 Å². The van der Waals surface area contributed by atoms with E-state index in [1.165, 1.54) is 11.0 Å². The van der Waals surface area contributed by atoms with Crippen LogP contribution >= 0.6 is 35.0 Å². The van der Waals surface area contributed by atoms with E-state index >= 15 is 0 Å². The van der Waals surface area contributed by atoms with Crippen LogP contribution in [0, 0.1) is 0 Å². The third-order valence-corrected chi connectivity index (χ3v) is 6.49. The van der Waals surface area contributed by atoms with Crippen molar-refractivity contribution in [1.29, 1.82) is 0 Å². The largest absolute Gasteiger partial charge is 0.490 e. The summed E-state index contributed by atoms with van der Waals surface area (Å²) in [5.74, 6) is -0.830. The van der Waals surface area contributed by atoms with Crippen molar-refractivity contribution in [2.75, 3.05) is 6.61 Å². The molecule has 178 valence electrons. The van der Waals surface area contributed by atoms with Crippen LogP contribution in [0.3, 0.4) is 0 Å². The smallest absolute Gasteiger partial charge is 0.345 e. The second-order valence-electron chi connectivity index (χ2n) is 7.39. The first-order valence-electron chi connectivity index (χ1n) is 10.6. The maximum atomic E-state index is 12.9. The van der Waals surface area contributed by atoms with Crippen LogP contribution in [-0.4, -0.2) is 28.6 Å². The Balaban J connectivity index is 1.60. The van der Waals surface area contributed by atoms with E-state index in [4.69, 9.17) is 32.7 Å². The number of carbonyl (C=O) groups is 3. The van der Waals surface area contributed by atoms with E-state index in [0.29, 0.717) is 5.56 Å². The Morgan fingerprint density at radius 1 is 1.00 bits per heavy atom. The maximum absolute atomic E-state index is 12.9. The molecule has 0 atom stereocenters. The minimum atomic E-state index is -0.687. The lowest BCUT2D eigenvalue weighted by Gasteiger charge is -2.14. The zero-order chi connectivity index (χ0) is 24.9. The Hall–Kier alpha value is -3.26. The van der Waals surface area contributed by atoms with Crippen molar-refractivity contribution in [3.8, 4) is 11.5 Å². The average molecular weight is 528 g/mol. The molecule has 6 nitrogen and oxygen atoms in total. The Bertz CT molecular complexity index is 1330. The number of hydrogen-bond acceptors (Lipinski definition) is 6. The molecular weight excluding hydrogens is 509 g/mol. The van der Waals surface area contributed by atoms with Crippen molar-refractivity contribution in [3.05, 3.63) is 98.4 Å². The number of hydrogen-bond donors (Lipinski definition) is 0. The van der Waals surface area contributed by atoms with Gasteiger partial charge in [0.1, 0.15) is 0 Å². The fourth-order valence-corrected chi connectivity index (χ4v) is 4.67. The van der Waals surface area contributed by atoms with Gasteiger partial charge in [0.2, 0.25) is 0 Å². The molecule has 0 unspecified atom stereocenters. The fourth-order valence-electron chi connectivity index (χ4n) is 3.36. The Morgan fingerprint density at radius 2 is 1.71 bits per heavy atom. The molecule has 0 bridgehead atoms. The highest BCUT2D eigenvalue weighted by atomic mass is 35.5. The molecule has 4 rings (SSSR count). The number of halogens is 2. The molecule has 0 spiro atoms. The summed E-state index contributed by atoms with van der Waals surface area (Å²) in [5, 5.41) is -0.00734. The van der Waals surface area contributed by atoms with Crippen LogP contribution in [0.2, 0.25) is 10.0 Å². The van der Waals surface area contributed by atoms with Crippen LogP contribution < -0.4 is 9.47 Å². The van der Waals surface area contributed by atoms with Gasteiger partial charge in [-0.2, -0.15) is 0 Å². The summed E-state index contributed by atoms with van der Waals surface area (Å²) < 4.78 is 11.2. The van der Waals surface area contributed by atoms with E-state index in [2.05, 4.69) is 0 Å². The summed E-state index contributed by atoms with van der Waals surface area (Å²) >= 11 is 13.4. The molecule has 1 fully saturated rings. The predicted octanol–water partition coefficient (Wildman–Crippen LogP) is 6.85. The number of amides is 2. The molecule has 1 heterocycles. The Labute approximate surface area is 216 Å². The topological polar surface area (TPSA) is 72.9 Å². The second kappa shape index (κ2) is 11.0. The monoisotopic (exact) mass is 527 g/mol. The van der Waals surface area contributed by atoms with E-state index < -0.39 is 11.9 Å². The molecule has 0 N–H and O–H groups in total. The maximum Gasteiger partial charge on any atom is 0.345 e. The van der Waals surface area contributed by atoms with Gasteiger partial charge < -0.3 is 9.47 Å². The zero-order valence-corrected chi connectivity index (χ0v) is 20.8. The van der Waals surface area contributed by atoms with Gasteiger partial charge in [-0.3, -0.25) is 14.5 Å². The summed E-state index contributed by atoms with van der Waals surface area (Å²) in [6.45, 7) is 2.24. The van der Waals surface area contributed by atoms with E-state index in [1.54, 1.807) is 43.3 Å². The summed E-state index contributed by atoms with van der Waals surface area (Å²) in [6, 6.07) is 18.9. The minimum absolute atomic E-state index is 0.0350. The lowest BCUT2D eigenvalue weighted by molar-refractivity contribution is -0.123. The predicted molar refractivity (Wildman–Crippen MR) is 137 cm³/mol. The van der Waals surface area contributed by atoms with Crippen LogP contribution in [0.25, 0.3) is 6.08 Å². The first-order chi connectivity index (χ1) is 16.9. The van der Waals surface area contributed by atoms with Crippen LogP contribution in [0.5, 0.6) is 11.5 Å². The Kier molecular flexibility index (Phi) is 7.80. The van der Waals surface area contributed by atoms with Gasteiger partial charge in [-0.05, 0) is 60.2 Å². The van der Waals surface area contributed by atoms with Crippen molar-refractivity contribution in [2.45, 2.75) is 13.5 Å².